The number of allylic oxidation sites excluding steroid dienone is 1. The van der Waals surface area contributed by atoms with Crippen LogP contribution in [0.5, 0.6) is 0 Å². The fourth-order valence-corrected chi connectivity index (χ4v) is 6.29. The van der Waals surface area contributed by atoms with Crippen LogP contribution in [0.25, 0.3) is 0 Å². The SMILES string of the molecule is CC(C)OC(C)COC(C)COC1CCC(C(C)(C)C2CCC(OCC(C)OC(=O)/C=C/C(=O)C(C)C)CC2)CC1. The van der Waals surface area contributed by atoms with Crippen molar-refractivity contribution in [2.75, 3.05) is 19.8 Å². The van der Waals surface area contributed by atoms with Crippen molar-refractivity contribution in [3.8, 4) is 0 Å². The Hall–Kier alpha value is -1.28. The van der Waals surface area contributed by atoms with Crippen molar-refractivity contribution in [1.29, 1.82) is 0 Å². The lowest BCUT2D eigenvalue weighted by Crippen LogP contribution is -2.39. The fourth-order valence-electron chi connectivity index (χ4n) is 6.29. The molecule has 0 aromatic heterocycles. The van der Waals surface area contributed by atoms with Crippen molar-refractivity contribution in [3.05, 3.63) is 12.2 Å². The summed E-state index contributed by atoms with van der Waals surface area (Å²) in [6.07, 6.45) is 12.3. The first-order valence-corrected chi connectivity index (χ1v) is 16.2. The Balaban J connectivity index is 1.64. The van der Waals surface area contributed by atoms with Gasteiger partial charge in [-0.15, -0.1) is 0 Å². The maximum absolute atomic E-state index is 12.0. The first-order chi connectivity index (χ1) is 19.3. The Morgan fingerprint density at radius 1 is 0.683 bits per heavy atom. The maximum Gasteiger partial charge on any atom is 0.331 e. The monoisotopic (exact) mass is 580 g/mol. The highest BCUT2D eigenvalue weighted by Gasteiger charge is 2.40. The Morgan fingerprint density at radius 3 is 1.63 bits per heavy atom. The second-order valence-electron chi connectivity index (χ2n) is 13.7. The molecule has 0 N–H and O–H groups in total. The van der Waals surface area contributed by atoms with Gasteiger partial charge in [0, 0.05) is 12.0 Å². The molecule has 238 valence electrons. The van der Waals surface area contributed by atoms with Gasteiger partial charge in [-0.25, -0.2) is 4.79 Å². The van der Waals surface area contributed by atoms with E-state index in [4.69, 9.17) is 23.7 Å². The van der Waals surface area contributed by atoms with Crippen molar-refractivity contribution in [3.63, 3.8) is 0 Å². The number of carbonyl (C=O) groups excluding carboxylic acids is 2. The summed E-state index contributed by atoms with van der Waals surface area (Å²) in [5.41, 5.74) is 0.307. The summed E-state index contributed by atoms with van der Waals surface area (Å²) >= 11 is 0. The van der Waals surface area contributed by atoms with E-state index in [0.717, 1.165) is 31.6 Å². The zero-order valence-corrected chi connectivity index (χ0v) is 27.5. The van der Waals surface area contributed by atoms with Gasteiger partial charge in [-0.1, -0.05) is 27.7 Å². The van der Waals surface area contributed by atoms with Crippen LogP contribution in [0, 0.1) is 23.2 Å². The molecule has 2 fully saturated rings. The maximum atomic E-state index is 12.0. The number of ketones is 1. The summed E-state index contributed by atoms with van der Waals surface area (Å²) in [5.74, 6) is 0.717. The highest BCUT2D eigenvalue weighted by molar-refractivity contribution is 5.96. The van der Waals surface area contributed by atoms with E-state index in [2.05, 4.69) is 27.7 Å². The quantitative estimate of drug-likeness (QED) is 0.134. The van der Waals surface area contributed by atoms with Crippen LogP contribution in [-0.2, 0) is 33.3 Å². The zero-order valence-electron chi connectivity index (χ0n) is 27.5. The summed E-state index contributed by atoms with van der Waals surface area (Å²) in [6.45, 7) is 20.2. The van der Waals surface area contributed by atoms with Gasteiger partial charge >= 0.3 is 5.97 Å². The Bertz CT molecular complexity index is 789. The summed E-state index contributed by atoms with van der Waals surface area (Å²) < 4.78 is 29.4. The van der Waals surface area contributed by atoms with Gasteiger partial charge in [0.05, 0.1) is 50.3 Å². The van der Waals surface area contributed by atoms with Crippen LogP contribution in [0.4, 0.5) is 0 Å². The molecule has 0 bridgehead atoms. The molecule has 0 spiro atoms. The third-order valence-corrected chi connectivity index (χ3v) is 8.98. The molecule has 41 heavy (non-hydrogen) atoms. The predicted molar refractivity (Wildman–Crippen MR) is 163 cm³/mol. The average molecular weight is 581 g/mol. The summed E-state index contributed by atoms with van der Waals surface area (Å²) in [4.78, 5) is 23.6. The van der Waals surface area contributed by atoms with E-state index in [9.17, 15) is 9.59 Å². The molecule has 2 aliphatic rings. The molecule has 0 aliphatic heterocycles. The molecule has 3 atom stereocenters. The van der Waals surface area contributed by atoms with Crippen LogP contribution in [0.2, 0.25) is 0 Å². The van der Waals surface area contributed by atoms with Crippen molar-refractivity contribution < 1.29 is 33.3 Å². The molecule has 0 amide bonds. The molecule has 2 rings (SSSR count). The lowest BCUT2D eigenvalue weighted by atomic mass is 9.60. The van der Waals surface area contributed by atoms with Crippen molar-refractivity contribution in [2.24, 2.45) is 23.2 Å². The normalized spacial score (nSPS) is 26.3. The smallest absolute Gasteiger partial charge is 0.331 e. The minimum Gasteiger partial charge on any atom is -0.457 e. The first-order valence-electron chi connectivity index (χ1n) is 16.2. The zero-order chi connectivity index (χ0) is 30.6. The molecule has 0 heterocycles. The molecule has 0 aromatic rings. The van der Waals surface area contributed by atoms with E-state index in [-0.39, 0.29) is 42.2 Å². The van der Waals surface area contributed by atoms with Gasteiger partial charge in [-0.3, -0.25) is 4.79 Å². The number of hydrogen-bond donors (Lipinski definition) is 0. The van der Waals surface area contributed by atoms with E-state index in [1.807, 2.05) is 20.8 Å². The summed E-state index contributed by atoms with van der Waals surface area (Å²) in [6, 6.07) is 0. The third-order valence-electron chi connectivity index (χ3n) is 8.98. The summed E-state index contributed by atoms with van der Waals surface area (Å²) in [7, 11) is 0. The number of carbonyl (C=O) groups is 2. The number of ether oxygens (including phenoxy) is 5. The number of rotatable bonds is 17. The number of esters is 1. The average Bonchev–Trinajstić information content (AvgIpc) is 2.92. The molecular weight excluding hydrogens is 520 g/mol. The molecule has 0 radical (unpaired) electrons. The lowest BCUT2D eigenvalue weighted by molar-refractivity contribution is -0.147. The van der Waals surface area contributed by atoms with Crippen LogP contribution in [0.15, 0.2) is 12.2 Å². The van der Waals surface area contributed by atoms with E-state index >= 15 is 0 Å². The van der Waals surface area contributed by atoms with E-state index in [0.29, 0.717) is 37.3 Å². The van der Waals surface area contributed by atoms with Gasteiger partial charge in [0.15, 0.2) is 5.78 Å². The van der Waals surface area contributed by atoms with Crippen LogP contribution in [0.3, 0.4) is 0 Å². The topological polar surface area (TPSA) is 80.3 Å². The van der Waals surface area contributed by atoms with Gasteiger partial charge in [0.2, 0.25) is 0 Å². The second-order valence-corrected chi connectivity index (χ2v) is 13.7. The molecule has 0 aromatic carbocycles. The molecule has 3 unspecified atom stereocenters. The molecular formula is C34H60O7. The van der Waals surface area contributed by atoms with Gasteiger partial charge in [-0.2, -0.15) is 0 Å². The molecule has 7 heteroatoms. The molecule has 0 saturated heterocycles. The van der Waals surface area contributed by atoms with Gasteiger partial charge < -0.3 is 23.7 Å². The lowest BCUT2D eigenvalue weighted by Gasteiger charge is -2.46. The molecule has 7 nitrogen and oxygen atoms in total. The second kappa shape index (κ2) is 17.7. The Kier molecular flexibility index (Phi) is 15.5. The highest BCUT2D eigenvalue weighted by Crippen LogP contribution is 2.48. The standard InChI is InChI=1S/C34H60O7/c1-23(2)32(35)18-19-33(36)41-27(7)22-39-31-16-12-29(13-17-31)34(8,9)28-10-14-30(15-11-28)38-20-25(5)37-21-26(6)40-24(3)4/h18-19,23-31H,10-17,20-22H2,1-9H3/b19-18+. The fraction of sp³-hybridized carbons (Fsp3) is 0.882. The van der Waals surface area contributed by atoms with Gasteiger partial charge in [0.25, 0.3) is 0 Å². The minimum absolute atomic E-state index is 0.0760. The van der Waals surface area contributed by atoms with Crippen LogP contribution < -0.4 is 0 Å². The highest BCUT2D eigenvalue weighted by atomic mass is 16.6. The predicted octanol–water partition coefficient (Wildman–Crippen LogP) is 7.10. The third kappa shape index (κ3) is 13.3. The van der Waals surface area contributed by atoms with E-state index < -0.39 is 5.97 Å². The first kappa shape index (κ1) is 35.9. The molecule has 2 saturated carbocycles. The van der Waals surface area contributed by atoms with Crippen molar-refractivity contribution in [1.82, 2.24) is 0 Å². The van der Waals surface area contributed by atoms with Crippen LogP contribution in [-0.4, -0.2) is 68.2 Å². The van der Waals surface area contributed by atoms with E-state index in [1.54, 1.807) is 13.8 Å². The van der Waals surface area contributed by atoms with Crippen LogP contribution in [0.1, 0.15) is 114 Å². The van der Waals surface area contributed by atoms with Crippen molar-refractivity contribution in [2.45, 2.75) is 150 Å². The Morgan fingerprint density at radius 2 is 1.17 bits per heavy atom. The van der Waals surface area contributed by atoms with Gasteiger partial charge in [0.1, 0.15) is 6.10 Å². The van der Waals surface area contributed by atoms with Crippen LogP contribution >= 0.6 is 0 Å². The largest absolute Gasteiger partial charge is 0.457 e. The summed E-state index contributed by atoms with van der Waals surface area (Å²) in [5, 5.41) is 0. The Labute approximate surface area is 250 Å². The minimum atomic E-state index is -0.495. The van der Waals surface area contributed by atoms with E-state index in [1.165, 1.54) is 37.8 Å². The number of hydrogen-bond acceptors (Lipinski definition) is 7. The van der Waals surface area contributed by atoms with Crippen molar-refractivity contribution >= 4 is 11.8 Å². The van der Waals surface area contributed by atoms with Gasteiger partial charge in [-0.05, 0) is 109 Å². The molecule has 2 aliphatic carbocycles.